The van der Waals surface area contributed by atoms with Crippen LogP contribution in [0.3, 0.4) is 0 Å². The lowest BCUT2D eigenvalue weighted by atomic mass is 9.77. The van der Waals surface area contributed by atoms with Crippen molar-refractivity contribution in [3.05, 3.63) is 0 Å². The van der Waals surface area contributed by atoms with E-state index in [9.17, 15) is 0 Å². The lowest BCUT2D eigenvalue weighted by molar-refractivity contribution is 0.351. The predicted octanol–water partition coefficient (Wildman–Crippen LogP) is 6.45. The van der Waals surface area contributed by atoms with Crippen molar-refractivity contribution in [1.29, 1.82) is 0 Å². The Hall–Kier alpha value is -0.880. The van der Waals surface area contributed by atoms with Gasteiger partial charge < -0.3 is 0 Å². The van der Waals surface area contributed by atoms with Crippen LogP contribution >= 0.6 is 0 Å². The van der Waals surface area contributed by atoms with Crippen LogP contribution in [0.15, 0.2) is 0 Å². The third kappa shape index (κ3) is 7.40. The largest absolute Gasteiger partial charge is 0.0965 e. The molecule has 0 aromatic heterocycles. The molecule has 0 radical (unpaired) electrons. The second-order valence-electron chi connectivity index (χ2n) is 9.74. The van der Waals surface area contributed by atoms with Gasteiger partial charge in [-0.2, -0.15) is 0 Å². The smallest absolute Gasteiger partial charge is 0.0258 e. The molecule has 0 amide bonds. The van der Waals surface area contributed by atoms with Crippen molar-refractivity contribution in [1.82, 2.24) is 0 Å². The molecule has 124 valence electrons. The summed E-state index contributed by atoms with van der Waals surface area (Å²) in [5.74, 6) is 14.3. The highest BCUT2D eigenvalue weighted by molar-refractivity contribution is 5.17. The Morgan fingerprint density at radius 1 is 0.409 bits per heavy atom. The van der Waals surface area contributed by atoms with E-state index >= 15 is 0 Å². The molecular formula is C22H36. The first-order valence-corrected chi connectivity index (χ1v) is 8.91. The van der Waals surface area contributed by atoms with Gasteiger partial charge in [0.15, 0.2) is 0 Å². The van der Waals surface area contributed by atoms with Crippen LogP contribution in [-0.2, 0) is 0 Å². The summed E-state index contributed by atoms with van der Waals surface area (Å²) in [7, 11) is 0. The standard InChI is InChI=1S/C22H36/c1-19(2)11-9-12-21(5,6)17-18-22(7,8)14-10-13-20(3,4)16-15-19/h9-14H2,1-8H3. The molecule has 0 fully saturated rings. The van der Waals surface area contributed by atoms with E-state index in [1.165, 1.54) is 12.8 Å². The van der Waals surface area contributed by atoms with Crippen LogP contribution in [0.5, 0.6) is 0 Å². The first-order chi connectivity index (χ1) is 9.83. The lowest BCUT2D eigenvalue weighted by Crippen LogP contribution is -2.17. The summed E-state index contributed by atoms with van der Waals surface area (Å²) in [6.07, 6.45) is 7.03. The molecule has 0 unspecified atom stereocenters. The van der Waals surface area contributed by atoms with Crippen LogP contribution in [-0.4, -0.2) is 0 Å². The quantitative estimate of drug-likeness (QED) is 0.451. The van der Waals surface area contributed by atoms with Gasteiger partial charge in [-0.1, -0.05) is 36.5 Å². The van der Waals surface area contributed by atoms with Gasteiger partial charge in [0.2, 0.25) is 0 Å². The molecule has 0 bridgehead atoms. The van der Waals surface area contributed by atoms with Gasteiger partial charge in [-0.05, 0) is 81.1 Å². The van der Waals surface area contributed by atoms with Crippen molar-refractivity contribution in [3.63, 3.8) is 0 Å². The van der Waals surface area contributed by atoms with Crippen LogP contribution < -0.4 is 0 Å². The minimum atomic E-state index is 0.115. The van der Waals surface area contributed by atoms with E-state index < -0.39 is 0 Å². The molecular weight excluding hydrogens is 264 g/mol. The first-order valence-electron chi connectivity index (χ1n) is 8.91. The lowest BCUT2D eigenvalue weighted by Gasteiger charge is -2.26. The molecule has 0 aromatic carbocycles. The molecule has 1 aliphatic carbocycles. The van der Waals surface area contributed by atoms with Crippen molar-refractivity contribution in [2.24, 2.45) is 21.7 Å². The maximum Gasteiger partial charge on any atom is 0.0258 e. The molecule has 0 N–H and O–H groups in total. The van der Waals surface area contributed by atoms with Gasteiger partial charge in [-0.25, -0.2) is 0 Å². The SMILES string of the molecule is CC1(C)C#CC(C)(C)CCCC(C)(C)C#CC(C)(C)CCC1. The average Bonchev–Trinajstić information content (AvgIpc) is 2.33. The maximum atomic E-state index is 3.57. The highest BCUT2D eigenvalue weighted by atomic mass is 14.3. The molecule has 0 atom stereocenters. The molecule has 1 aliphatic rings. The highest BCUT2D eigenvalue weighted by Gasteiger charge is 2.23. The van der Waals surface area contributed by atoms with Crippen molar-refractivity contribution in [2.45, 2.75) is 93.9 Å². The second kappa shape index (κ2) is 6.71. The van der Waals surface area contributed by atoms with Crippen LogP contribution in [0.4, 0.5) is 0 Å². The van der Waals surface area contributed by atoms with E-state index in [4.69, 9.17) is 0 Å². The van der Waals surface area contributed by atoms with E-state index in [0.717, 1.165) is 25.7 Å². The van der Waals surface area contributed by atoms with Crippen LogP contribution in [0.1, 0.15) is 93.9 Å². The van der Waals surface area contributed by atoms with Crippen LogP contribution in [0.25, 0.3) is 0 Å². The summed E-state index contributed by atoms with van der Waals surface area (Å²) in [5, 5.41) is 0. The molecule has 0 heterocycles. The Morgan fingerprint density at radius 3 is 0.773 bits per heavy atom. The fourth-order valence-electron chi connectivity index (χ4n) is 2.87. The molecule has 1 rings (SSSR count). The Morgan fingerprint density at radius 2 is 0.591 bits per heavy atom. The van der Waals surface area contributed by atoms with E-state index in [1.807, 2.05) is 0 Å². The third-order valence-electron chi connectivity index (χ3n) is 4.69. The first kappa shape index (κ1) is 19.2. The molecule has 0 saturated heterocycles. The minimum Gasteiger partial charge on any atom is -0.0965 e. The Balaban J connectivity index is 2.99. The van der Waals surface area contributed by atoms with Gasteiger partial charge in [0.05, 0.1) is 0 Å². The molecule has 0 saturated carbocycles. The maximum absolute atomic E-state index is 3.57. The fraction of sp³-hybridized carbons (Fsp3) is 0.818. The summed E-state index contributed by atoms with van der Waals surface area (Å²) < 4.78 is 0. The zero-order valence-corrected chi connectivity index (χ0v) is 16.2. The van der Waals surface area contributed by atoms with Gasteiger partial charge in [0.25, 0.3) is 0 Å². The second-order valence-corrected chi connectivity index (χ2v) is 9.74. The van der Waals surface area contributed by atoms with Gasteiger partial charge in [-0.3, -0.25) is 0 Å². The normalized spacial score (nSPS) is 26.5. The highest BCUT2D eigenvalue weighted by Crippen LogP contribution is 2.33. The van der Waals surface area contributed by atoms with Crippen molar-refractivity contribution < 1.29 is 0 Å². The Bertz CT molecular complexity index is 404. The topological polar surface area (TPSA) is 0 Å². The summed E-state index contributed by atoms with van der Waals surface area (Å²) >= 11 is 0. The van der Waals surface area contributed by atoms with Crippen LogP contribution in [0.2, 0.25) is 0 Å². The van der Waals surface area contributed by atoms with E-state index in [2.05, 4.69) is 79.1 Å². The van der Waals surface area contributed by atoms with Gasteiger partial charge in [-0.15, -0.1) is 0 Å². The number of hydrogen-bond acceptors (Lipinski definition) is 0. The summed E-state index contributed by atoms with van der Waals surface area (Å²) in [6.45, 7) is 18.3. The van der Waals surface area contributed by atoms with Crippen molar-refractivity contribution in [3.8, 4) is 23.7 Å². The summed E-state index contributed by atoms with van der Waals surface area (Å²) in [5.41, 5.74) is 0.461. The number of rotatable bonds is 0. The molecule has 0 aliphatic heterocycles. The van der Waals surface area contributed by atoms with E-state index in [0.29, 0.717) is 0 Å². The molecule has 0 nitrogen and oxygen atoms in total. The van der Waals surface area contributed by atoms with Gasteiger partial charge in [0, 0.05) is 21.7 Å². The predicted molar refractivity (Wildman–Crippen MR) is 98.4 cm³/mol. The minimum absolute atomic E-state index is 0.115. The molecule has 0 heteroatoms. The monoisotopic (exact) mass is 300 g/mol. The number of hydrogen-bond donors (Lipinski definition) is 0. The third-order valence-corrected chi connectivity index (χ3v) is 4.69. The summed E-state index contributed by atoms with van der Waals surface area (Å²) in [6, 6.07) is 0. The van der Waals surface area contributed by atoms with E-state index in [-0.39, 0.29) is 21.7 Å². The molecule has 22 heavy (non-hydrogen) atoms. The molecule has 0 aromatic rings. The summed E-state index contributed by atoms with van der Waals surface area (Å²) in [4.78, 5) is 0. The average molecular weight is 301 g/mol. The van der Waals surface area contributed by atoms with Gasteiger partial charge in [0.1, 0.15) is 0 Å². The Kier molecular flexibility index (Phi) is 5.84. The van der Waals surface area contributed by atoms with E-state index in [1.54, 1.807) is 0 Å². The fourth-order valence-corrected chi connectivity index (χ4v) is 2.87. The molecule has 0 spiro atoms. The van der Waals surface area contributed by atoms with Crippen molar-refractivity contribution >= 4 is 0 Å². The van der Waals surface area contributed by atoms with Crippen molar-refractivity contribution in [2.75, 3.05) is 0 Å². The van der Waals surface area contributed by atoms with Crippen LogP contribution in [0, 0.1) is 45.3 Å². The Labute approximate surface area is 139 Å². The van der Waals surface area contributed by atoms with Gasteiger partial charge >= 0.3 is 0 Å². The zero-order valence-electron chi connectivity index (χ0n) is 16.2. The zero-order chi connectivity index (χ0) is 17.1.